The van der Waals surface area contributed by atoms with Gasteiger partial charge in [0.1, 0.15) is 35.0 Å². The van der Waals surface area contributed by atoms with Gasteiger partial charge in [0.05, 0.1) is 31.9 Å². The van der Waals surface area contributed by atoms with Crippen LogP contribution in [-0.4, -0.2) is 72.6 Å². The minimum Gasteiger partial charge on any atom is -0.493 e. The molecule has 1 aliphatic heterocycles. The van der Waals surface area contributed by atoms with Crippen LogP contribution in [0, 0.1) is 0 Å². The smallest absolute Gasteiger partial charge is 0.409 e. The van der Waals surface area contributed by atoms with E-state index in [4.69, 9.17) is 29.7 Å². The van der Waals surface area contributed by atoms with Crippen molar-refractivity contribution in [2.75, 3.05) is 52.4 Å². The minimum atomic E-state index is -0.299. The number of nitrogen functional groups attached to an aromatic ring is 1. The van der Waals surface area contributed by atoms with E-state index in [-0.39, 0.29) is 6.09 Å². The summed E-state index contributed by atoms with van der Waals surface area (Å²) in [5.41, 5.74) is 9.50. The van der Waals surface area contributed by atoms with Crippen LogP contribution in [0.1, 0.15) is 31.2 Å². The maximum atomic E-state index is 12.1. The van der Waals surface area contributed by atoms with E-state index >= 15 is 0 Å². The molecule has 1 amide bonds. The van der Waals surface area contributed by atoms with E-state index < -0.39 is 0 Å². The van der Waals surface area contributed by atoms with Crippen molar-refractivity contribution in [3.63, 3.8) is 0 Å². The van der Waals surface area contributed by atoms with Crippen LogP contribution in [0.25, 0.3) is 21.9 Å². The maximum Gasteiger partial charge on any atom is 0.409 e. The van der Waals surface area contributed by atoms with E-state index in [1.165, 1.54) is 0 Å². The Bertz CT molecular complexity index is 1110. The Morgan fingerprint density at radius 1 is 1.24 bits per heavy atom. The number of methoxy groups -OCH3 is 1. The Labute approximate surface area is 192 Å². The topological polar surface area (TPSA) is 125 Å². The molecule has 10 heteroatoms. The predicted molar refractivity (Wildman–Crippen MR) is 124 cm³/mol. The van der Waals surface area contributed by atoms with Gasteiger partial charge >= 0.3 is 6.09 Å². The highest BCUT2D eigenvalue weighted by Crippen LogP contribution is 2.35. The van der Waals surface area contributed by atoms with Crippen molar-refractivity contribution in [1.82, 2.24) is 19.9 Å². The molecule has 3 aromatic rings. The Morgan fingerprint density at radius 3 is 2.82 bits per heavy atom. The summed E-state index contributed by atoms with van der Waals surface area (Å²) in [5, 5.41) is 0.941. The van der Waals surface area contributed by atoms with Crippen molar-refractivity contribution in [3.05, 3.63) is 23.5 Å². The van der Waals surface area contributed by atoms with E-state index in [0.717, 1.165) is 40.6 Å². The molecule has 4 rings (SSSR count). The molecular formula is C23H31N5O5. The van der Waals surface area contributed by atoms with Crippen molar-refractivity contribution in [2.24, 2.45) is 0 Å². The van der Waals surface area contributed by atoms with E-state index in [2.05, 4.69) is 16.9 Å². The van der Waals surface area contributed by atoms with Gasteiger partial charge in [-0.1, -0.05) is 13.3 Å². The zero-order valence-corrected chi connectivity index (χ0v) is 19.2. The molecule has 0 unspecified atom stereocenters. The number of rotatable bonds is 9. The average Bonchev–Trinajstić information content (AvgIpc) is 3.25. The molecule has 1 saturated heterocycles. The minimum absolute atomic E-state index is 0.299. The number of nitrogens with one attached hydrogen (secondary N) is 1. The van der Waals surface area contributed by atoms with Crippen molar-refractivity contribution in [3.8, 4) is 5.75 Å². The molecule has 0 aliphatic carbocycles. The van der Waals surface area contributed by atoms with Crippen molar-refractivity contribution in [2.45, 2.75) is 32.8 Å². The first kappa shape index (κ1) is 23.1. The van der Waals surface area contributed by atoms with Gasteiger partial charge in [0.2, 0.25) is 0 Å². The quantitative estimate of drug-likeness (QED) is 0.470. The largest absolute Gasteiger partial charge is 0.493 e. The van der Waals surface area contributed by atoms with Crippen molar-refractivity contribution in [1.29, 1.82) is 0 Å². The van der Waals surface area contributed by atoms with Gasteiger partial charge in [0, 0.05) is 37.6 Å². The van der Waals surface area contributed by atoms with E-state index in [9.17, 15) is 4.79 Å². The normalized spacial score (nSPS) is 14.2. The number of fused-ring (bicyclic) bond motifs is 3. The molecular weight excluding hydrogens is 426 g/mol. The molecule has 2 aromatic heterocycles. The zero-order valence-electron chi connectivity index (χ0n) is 19.2. The Kier molecular flexibility index (Phi) is 7.46. The molecule has 178 valence electrons. The van der Waals surface area contributed by atoms with Gasteiger partial charge in [-0.25, -0.2) is 14.8 Å². The number of pyridine rings is 1. The standard InChI is InChI=1S/C23H31N5O5/c1-3-5-15-17(32-10-4-11-33-23(29)28-8-12-31-13-9-28)7-6-16-19(15)20-21(22(24)25-16)27-18(26-20)14-30-2/h6-7H,3-5,8-14H2,1-2H3,(H2,24,25)(H,26,27). The molecule has 0 radical (unpaired) electrons. The number of carbonyl (C=O) groups is 1. The van der Waals surface area contributed by atoms with Crippen LogP contribution < -0.4 is 10.5 Å². The van der Waals surface area contributed by atoms with Gasteiger partial charge in [-0.2, -0.15) is 0 Å². The number of H-pyrrole nitrogens is 1. The molecule has 0 spiro atoms. The summed E-state index contributed by atoms with van der Waals surface area (Å²) in [5.74, 6) is 1.89. The van der Waals surface area contributed by atoms with Crippen molar-refractivity contribution < 1.29 is 23.7 Å². The van der Waals surface area contributed by atoms with Crippen LogP contribution in [0.3, 0.4) is 0 Å². The number of aryl methyl sites for hydroxylation is 1. The molecule has 10 nitrogen and oxygen atoms in total. The number of carbonyl (C=O) groups excluding carboxylic acids is 1. The van der Waals surface area contributed by atoms with Crippen LogP contribution in [0.2, 0.25) is 0 Å². The lowest BCUT2D eigenvalue weighted by Crippen LogP contribution is -2.41. The summed E-state index contributed by atoms with van der Waals surface area (Å²) >= 11 is 0. The monoisotopic (exact) mass is 457 g/mol. The lowest BCUT2D eigenvalue weighted by Gasteiger charge is -2.25. The van der Waals surface area contributed by atoms with Gasteiger partial charge in [-0.15, -0.1) is 0 Å². The lowest BCUT2D eigenvalue weighted by atomic mass is 10.0. The summed E-state index contributed by atoms with van der Waals surface area (Å²) in [6.07, 6.45) is 2.04. The number of anilines is 1. The highest BCUT2D eigenvalue weighted by Gasteiger charge is 2.19. The van der Waals surface area contributed by atoms with Crippen molar-refractivity contribution >= 4 is 33.8 Å². The Hall–Kier alpha value is -3.11. The number of nitrogens with two attached hydrogens (primary N) is 1. The Morgan fingerprint density at radius 2 is 2.06 bits per heavy atom. The Balaban J connectivity index is 1.49. The number of aromatic amines is 1. The summed E-state index contributed by atoms with van der Waals surface area (Å²) < 4.78 is 22.0. The van der Waals surface area contributed by atoms with Crippen LogP contribution in [-0.2, 0) is 27.2 Å². The van der Waals surface area contributed by atoms with Crippen LogP contribution in [0.5, 0.6) is 5.75 Å². The summed E-state index contributed by atoms with van der Waals surface area (Å²) in [7, 11) is 1.62. The second kappa shape index (κ2) is 10.7. The van der Waals surface area contributed by atoms with Gasteiger partial charge in [-0.05, 0) is 18.6 Å². The number of hydrogen-bond acceptors (Lipinski definition) is 8. The number of ether oxygens (including phenoxy) is 4. The lowest BCUT2D eigenvalue weighted by molar-refractivity contribution is 0.0260. The third-order valence-electron chi connectivity index (χ3n) is 5.56. The zero-order chi connectivity index (χ0) is 23.2. The fourth-order valence-corrected chi connectivity index (χ4v) is 4.02. The summed E-state index contributed by atoms with van der Waals surface area (Å²) in [6.45, 7) is 5.45. The highest BCUT2D eigenvalue weighted by atomic mass is 16.6. The molecule has 1 aromatic carbocycles. The predicted octanol–water partition coefficient (Wildman–Crippen LogP) is 3.03. The van der Waals surface area contributed by atoms with Crippen LogP contribution in [0.4, 0.5) is 10.6 Å². The number of imidazole rings is 1. The summed E-state index contributed by atoms with van der Waals surface area (Å²) in [6, 6.07) is 3.83. The molecule has 0 saturated carbocycles. The first-order valence-corrected chi connectivity index (χ1v) is 11.3. The highest BCUT2D eigenvalue weighted by molar-refractivity contribution is 6.08. The van der Waals surface area contributed by atoms with Gasteiger partial charge in [0.15, 0.2) is 0 Å². The van der Waals surface area contributed by atoms with Gasteiger partial charge < -0.3 is 34.6 Å². The number of hydrogen-bond donors (Lipinski definition) is 2. The second-order valence-corrected chi connectivity index (χ2v) is 7.94. The van der Waals surface area contributed by atoms with E-state index in [0.29, 0.717) is 69.7 Å². The fourth-order valence-electron chi connectivity index (χ4n) is 4.02. The first-order valence-electron chi connectivity index (χ1n) is 11.3. The number of amides is 1. The molecule has 0 atom stereocenters. The second-order valence-electron chi connectivity index (χ2n) is 7.94. The SMILES string of the molecule is CCCc1c(OCCCOC(=O)N2CCOCC2)ccc2nc(N)c3[nH]c(COC)nc3c12. The molecule has 3 N–H and O–H groups in total. The van der Waals surface area contributed by atoms with E-state index in [1.54, 1.807) is 12.0 Å². The third kappa shape index (κ3) is 5.12. The summed E-state index contributed by atoms with van der Waals surface area (Å²) in [4.78, 5) is 26.3. The van der Waals surface area contributed by atoms with Gasteiger partial charge in [0.25, 0.3) is 0 Å². The van der Waals surface area contributed by atoms with Crippen LogP contribution >= 0.6 is 0 Å². The van der Waals surface area contributed by atoms with E-state index in [1.807, 2.05) is 12.1 Å². The third-order valence-corrected chi connectivity index (χ3v) is 5.56. The molecule has 0 bridgehead atoms. The number of morpholine rings is 1. The average molecular weight is 458 g/mol. The molecule has 1 aliphatic rings. The molecule has 33 heavy (non-hydrogen) atoms. The fraction of sp³-hybridized carbons (Fsp3) is 0.522. The first-order chi connectivity index (χ1) is 16.1. The maximum absolute atomic E-state index is 12.1. The number of aromatic nitrogens is 3. The number of nitrogens with zero attached hydrogens (tertiary/aromatic N) is 3. The number of benzene rings is 1. The van der Waals surface area contributed by atoms with Crippen LogP contribution in [0.15, 0.2) is 12.1 Å². The molecule has 3 heterocycles. The van der Waals surface area contributed by atoms with Gasteiger partial charge in [-0.3, -0.25) is 0 Å². The molecule has 1 fully saturated rings.